The van der Waals surface area contributed by atoms with Crippen LogP contribution in [-0.4, -0.2) is 10.5 Å². The summed E-state index contributed by atoms with van der Waals surface area (Å²) >= 11 is 0. The van der Waals surface area contributed by atoms with Crippen LogP contribution < -0.4 is 11.1 Å². The molecule has 0 aliphatic carbocycles. The zero-order chi connectivity index (χ0) is 19.4. The maximum atomic E-state index is 12.6. The fraction of sp³-hybridized carbons (Fsp3) is 0.182. The first kappa shape index (κ1) is 18.3. The standard InChI is InChI=1S/C22H22N4O/c1-15-6-5-8-17(10-15)11-21-19(24)12-18(13-23)26(21)14-22(27)25-20-9-4-3-7-16(20)2/h3-10,12H,11,14,24H2,1-2H3,(H,25,27). The molecule has 27 heavy (non-hydrogen) atoms. The topological polar surface area (TPSA) is 83.8 Å². The molecule has 0 aliphatic rings. The first-order chi connectivity index (χ1) is 13.0. The molecule has 0 bridgehead atoms. The second kappa shape index (κ2) is 7.79. The highest BCUT2D eigenvalue weighted by Crippen LogP contribution is 2.23. The molecule has 1 heterocycles. The SMILES string of the molecule is Cc1cccc(Cc2c(N)cc(C#N)n2CC(=O)Nc2ccccc2C)c1. The number of carbonyl (C=O) groups excluding carboxylic acids is 1. The van der Waals surface area contributed by atoms with Crippen LogP contribution in [0.1, 0.15) is 28.1 Å². The van der Waals surface area contributed by atoms with Crippen LogP contribution in [0.15, 0.2) is 54.6 Å². The van der Waals surface area contributed by atoms with Gasteiger partial charge in [-0.05, 0) is 37.1 Å². The number of anilines is 2. The van der Waals surface area contributed by atoms with Crippen molar-refractivity contribution in [3.8, 4) is 6.07 Å². The van der Waals surface area contributed by atoms with Gasteiger partial charge in [0.25, 0.3) is 0 Å². The van der Waals surface area contributed by atoms with E-state index in [1.54, 1.807) is 10.6 Å². The third-order valence-corrected chi connectivity index (χ3v) is 4.53. The number of benzene rings is 2. The van der Waals surface area contributed by atoms with Crippen molar-refractivity contribution in [1.29, 1.82) is 5.26 Å². The van der Waals surface area contributed by atoms with Gasteiger partial charge in [-0.1, -0.05) is 48.0 Å². The minimum absolute atomic E-state index is 0.0373. The van der Waals surface area contributed by atoms with Crippen molar-refractivity contribution >= 4 is 17.3 Å². The fourth-order valence-electron chi connectivity index (χ4n) is 3.14. The van der Waals surface area contributed by atoms with Crippen LogP contribution in [0.4, 0.5) is 11.4 Å². The first-order valence-electron chi connectivity index (χ1n) is 8.77. The Morgan fingerprint density at radius 3 is 2.63 bits per heavy atom. The lowest BCUT2D eigenvalue weighted by Crippen LogP contribution is -2.21. The molecule has 0 spiro atoms. The molecule has 136 valence electrons. The summed E-state index contributed by atoms with van der Waals surface area (Å²) in [6.07, 6.45) is 0.562. The molecule has 1 amide bonds. The van der Waals surface area contributed by atoms with Crippen LogP contribution in [0.5, 0.6) is 0 Å². The number of nitrogens with zero attached hydrogens (tertiary/aromatic N) is 2. The van der Waals surface area contributed by atoms with E-state index in [4.69, 9.17) is 5.73 Å². The molecule has 5 nitrogen and oxygen atoms in total. The zero-order valence-corrected chi connectivity index (χ0v) is 15.5. The summed E-state index contributed by atoms with van der Waals surface area (Å²) < 4.78 is 1.70. The number of para-hydroxylation sites is 1. The van der Waals surface area contributed by atoms with Crippen molar-refractivity contribution in [3.05, 3.63) is 82.7 Å². The maximum absolute atomic E-state index is 12.6. The number of amides is 1. The van der Waals surface area contributed by atoms with E-state index in [1.165, 1.54) is 0 Å². The van der Waals surface area contributed by atoms with Gasteiger partial charge in [-0.2, -0.15) is 5.26 Å². The lowest BCUT2D eigenvalue weighted by atomic mass is 10.1. The van der Waals surface area contributed by atoms with Gasteiger partial charge in [-0.15, -0.1) is 0 Å². The van der Waals surface area contributed by atoms with Crippen LogP contribution in [0.2, 0.25) is 0 Å². The zero-order valence-electron chi connectivity index (χ0n) is 15.5. The third kappa shape index (κ3) is 4.18. The van der Waals surface area contributed by atoms with Gasteiger partial charge in [-0.25, -0.2) is 0 Å². The minimum atomic E-state index is -0.193. The molecular weight excluding hydrogens is 336 g/mol. The van der Waals surface area contributed by atoms with Crippen LogP contribution in [0, 0.1) is 25.2 Å². The number of nitriles is 1. The predicted octanol–water partition coefficient (Wildman–Crippen LogP) is 3.79. The number of carbonyl (C=O) groups is 1. The second-order valence-electron chi connectivity index (χ2n) is 6.66. The number of aromatic nitrogens is 1. The van der Waals surface area contributed by atoms with Gasteiger partial charge in [0.2, 0.25) is 5.91 Å². The van der Waals surface area contributed by atoms with Gasteiger partial charge in [0.15, 0.2) is 0 Å². The van der Waals surface area contributed by atoms with Gasteiger partial charge in [0.1, 0.15) is 18.3 Å². The van der Waals surface area contributed by atoms with Crippen LogP contribution in [-0.2, 0) is 17.8 Å². The van der Waals surface area contributed by atoms with Gasteiger partial charge >= 0.3 is 0 Å². The van der Waals surface area contributed by atoms with Crippen LogP contribution in [0.25, 0.3) is 0 Å². The predicted molar refractivity (Wildman–Crippen MR) is 107 cm³/mol. The Labute approximate surface area is 159 Å². The Balaban J connectivity index is 1.87. The molecule has 0 saturated heterocycles. The van der Waals surface area contributed by atoms with E-state index >= 15 is 0 Å². The molecule has 2 aromatic carbocycles. The molecule has 0 unspecified atom stereocenters. The van der Waals surface area contributed by atoms with E-state index in [0.717, 1.165) is 28.1 Å². The van der Waals surface area contributed by atoms with Gasteiger partial charge in [0.05, 0.1) is 5.69 Å². The van der Waals surface area contributed by atoms with Gasteiger partial charge < -0.3 is 15.6 Å². The Kier molecular flexibility index (Phi) is 5.28. The molecule has 0 atom stereocenters. The molecule has 1 aromatic heterocycles. The Morgan fingerprint density at radius 1 is 1.15 bits per heavy atom. The molecule has 0 saturated carbocycles. The van der Waals surface area contributed by atoms with E-state index in [1.807, 2.05) is 56.3 Å². The van der Waals surface area contributed by atoms with E-state index < -0.39 is 0 Å². The van der Waals surface area contributed by atoms with Crippen LogP contribution in [0.3, 0.4) is 0 Å². The lowest BCUT2D eigenvalue weighted by Gasteiger charge is -2.13. The van der Waals surface area contributed by atoms with Crippen molar-refractivity contribution in [3.63, 3.8) is 0 Å². The molecule has 0 aliphatic heterocycles. The van der Waals surface area contributed by atoms with Crippen molar-refractivity contribution in [1.82, 2.24) is 4.57 Å². The van der Waals surface area contributed by atoms with E-state index in [0.29, 0.717) is 17.8 Å². The fourth-order valence-corrected chi connectivity index (χ4v) is 3.14. The molecular formula is C22H22N4O. The summed E-state index contributed by atoms with van der Waals surface area (Å²) in [5.41, 5.74) is 11.8. The van der Waals surface area contributed by atoms with Gasteiger partial charge in [0, 0.05) is 17.8 Å². The summed E-state index contributed by atoms with van der Waals surface area (Å²) in [7, 11) is 0. The highest BCUT2D eigenvalue weighted by molar-refractivity contribution is 5.91. The molecule has 0 fully saturated rings. The molecule has 3 rings (SSSR count). The maximum Gasteiger partial charge on any atom is 0.244 e. The monoisotopic (exact) mass is 358 g/mol. The average molecular weight is 358 g/mol. The lowest BCUT2D eigenvalue weighted by molar-refractivity contribution is -0.116. The molecule has 5 heteroatoms. The summed E-state index contributed by atoms with van der Waals surface area (Å²) in [5, 5.41) is 12.4. The van der Waals surface area contributed by atoms with E-state index in [-0.39, 0.29) is 12.5 Å². The molecule has 3 aromatic rings. The Hall–Kier alpha value is -3.52. The summed E-state index contributed by atoms with van der Waals surface area (Å²) in [4.78, 5) is 12.6. The number of nitrogens with two attached hydrogens (primary N) is 1. The Morgan fingerprint density at radius 2 is 1.93 bits per heavy atom. The van der Waals surface area contributed by atoms with Crippen molar-refractivity contribution in [2.75, 3.05) is 11.1 Å². The largest absolute Gasteiger partial charge is 0.397 e. The van der Waals surface area contributed by atoms with Gasteiger partial charge in [-0.3, -0.25) is 4.79 Å². The summed E-state index contributed by atoms with van der Waals surface area (Å²) in [5.74, 6) is -0.193. The Bertz CT molecular complexity index is 1030. The quantitative estimate of drug-likeness (QED) is 0.728. The number of aryl methyl sites for hydroxylation is 2. The first-order valence-corrected chi connectivity index (χ1v) is 8.77. The van der Waals surface area contributed by atoms with E-state index in [2.05, 4.69) is 17.5 Å². The third-order valence-electron chi connectivity index (χ3n) is 4.53. The number of nitrogens with one attached hydrogen (secondary N) is 1. The molecule has 3 N–H and O–H groups in total. The summed E-state index contributed by atoms with van der Waals surface area (Å²) in [6, 6.07) is 19.5. The number of hydrogen-bond acceptors (Lipinski definition) is 3. The van der Waals surface area contributed by atoms with E-state index in [9.17, 15) is 10.1 Å². The van der Waals surface area contributed by atoms with Crippen molar-refractivity contribution < 1.29 is 4.79 Å². The number of rotatable bonds is 5. The minimum Gasteiger partial charge on any atom is -0.397 e. The van der Waals surface area contributed by atoms with Crippen molar-refractivity contribution in [2.24, 2.45) is 0 Å². The summed E-state index contributed by atoms with van der Waals surface area (Å²) in [6.45, 7) is 4.00. The number of hydrogen-bond donors (Lipinski definition) is 2. The van der Waals surface area contributed by atoms with Crippen LogP contribution >= 0.6 is 0 Å². The number of nitrogen functional groups attached to an aromatic ring is 1. The molecule has 0 radical (unpaired) electrons. The highest BCUT2D eigenvalue weighted by Gasteiger charge is 2.17. The van der Waals surface area contributed by atoms with Crippen molar-refractivity contribution in [2.45, 2.75) is 26.8 Å². The normalized spacial score (nSPS) is 10.4. The second-order valence-corrected chi connectivity index (χ2v) is 6.66. The average Bonchev–Trinajstić information content (AvgIpc) is 2.92. The smallest absolute Gasteiger partial charge is 0.244 e. The highest BCUT2D eigenvalue weighted by atomic mass is 16.1.